The first-order valence-corrected chi connectivity index (χ1v) is 10.0. The van der Waals surface area contributed by atoms with Gasteiger partial charge in [-0.3, -0.25) is 9.59 Å². The van der Waals surface area contributed by atoms with Crippen molar-refractivity contribution in [3.8, 4) is 0 Å². The Kier molecular flexibility index (Phi) is 7.80. The SMILES string of the molecule is CCCOCc1oc(C)cc(=O)c1C(=O)Nc1c(CC)cc(Br)cc1CC. The predicted octanol–water partition coefficient (Wildman–Crippen LogP) is 5.01. The van der Waals surface area contributed by atoms with E-state index in [-0.39, 0.29) is 23.4 Å². The molecule has 5 nitrogen and oxygen atoms in total. The summed E-state index contributed by atoms with van der Waals surface area (Å²) in [5.41, 5.74) is 2.42. The van der Waals surface area contributed by atoms with Crippen molar-refractivity contribution < 1.29 is 13.9 Å². The van der Waals surface area contributed by atoms with Gasteiger partial charge in [0.2, 0.25) is 0 Å². The van der Waals surface area contributed by atoms with Gasteiger partial charge in [-0.2, -0.15) is 0 Å². The molecule has 2 aromatic rings. The van der Waals surface area contributed by atoms with Crippen molar-refractivity contribution in [2.75, 3.05) is 11.9 Å². The van der Waals surface area contributed by atoms with Crippen molar-refractivity contribution in [3.63, 3.8) is 0 Å². The number of carbonyl (C=O) groups excluding carboxylic acids is 1. The average Bonchev–Trinajstić information content (AvgIpc) is 2.62. The Morgan fingerprint density at radius 2 is 1.78 bits per heavy atom. The summed E-state index contributed by atoms with van der Waals surface area (Å²) in [7, 11) is 0. The van der Waals surface area contributed by atoms with Crippen LogP contribution in [-0.4, -0.2) is 12.5 Å². The molecule has 0 spiro atoms. The van der Waals surface area contributed by atoms with Gasteiger partial charge < -0.3 is 14.5 Å². The highest BCUT2D eigenvalue weighted by Crippen LogP contribution is 2.28. The number of hydrogen-bond donors (Lipinski definition) is 1. The molecule has 1 N–H and O–H groups in total. The fourth-order valence-corrected chi connectivity index (χ4v) is 3.49. The first-order valence-electron chi connectivity index (χ1n) is 9.25. The zero-order chi connectivity index (χ0) is 20.0. The van der Waals surface area contributed by atoms with E-state index in [4.69, 9.17) is 9.15 Å². The van der Waals surface area contributed by atoms with E-state index in [1.165, 1.54) is 6.07 Å². The molecule has 0 saturated carbocycles. The monoisotopic (exact) mass is 435 g/mol. The predicted molar refractivity (Wildman–Crippen MR) is 111 cm³/mol. The van der Waals surface area contributed by atoms with Crippen LogP contribution in [0, 0.1) is 6.92 Å². The van der Waals surface area contributed by atoms with E-state index >= 15 is 0 Å². The number of ether oxygens (including phenoxy) is 1. The molecule has 0 radical (unpaired) electrons. The first-order chi connectivity index (χ1) is 12.9. The molecular formula is C21H26BrNO4. The number of aryl methyl sites for hydroxylation is 3. The Labute approximate surface area is 168 Å². The summed E-state index contributed by atoms with van der Waals surface area (Å²) in [5, 5.41) is 2.94. The fourth-order valence-electron chi connectivity index (χ4n) is 2.94. The van der Waals surface area contributed by atoms with Gasteiger partial charge in [0.05, 0.1) is 0 Å². The van der Waals surface area contributed by atoms with Gasteiger partial charge in [-0.05, 0) is 49.4 Å². The van der Waals surface area contributed by atoms with Crippen LogP contribution in [0.15, 0.2) is 31.9 Å². The molecule has 0 aliphatic heterocycles. The highest BCUT2D eigenvalue weighted by molar-refractivity contribution is 9.10. The standard InChI is InChI=1S/C21H26BrNO4/c1-5-8-26-12-18-19(17(24)9-13(4)27-18)21(25)23-20-14(6-2)10-16(22)11-15(20)7-3/h9-11H,5-8,12H2,1-4H3,(H,23,25). The number of nitrogens with one attached hydrogen (secondary N) is 1. The van der Waals surface area contributed by atoms with Crippen molar-refractivity contribution >= 4 is 27.5 Å². The molecule has 0 aliphatic carbocycles. The molecule has 0 fully saturated rings. The number of amides is 1. The molecule has 2 rings (SSSR count). The van der Waals surface area contributed by atoms with E-state index in [1.54, 1.807) is 6.92 Å². The normalized spacial score (nSPS) is 10.9. The second-order valence-corrected chi connectivity index (χ2v) is 7.25. The molecule has 0 saturated heterocycles. The first kappa shape index (κ1) is 21.4. The van der Waals surface area contributed by atoms with Gasteiger partial charge >= 0.3 is 0 Å². The van der Waals surface area contributed by atoms with Crippen LogP contribution < -0.4 is 10.7 Å². The van der Waals surface area contributed by atoms with E-state index in [0.29, 0.717) is 12.4 Å². The molecule has 0 unspecified atom stereocenters. The lowest BCUT2D eigenvalue weighted by Gasteiger charge is -2.16. The van der Waals surface area contributed by atoms with E-state index in [0.717, 1.165) is 40.5 Å². The third-order valence-electron chi connectivity index (χ3n) is 4.22. The number of anilines is 1. The second kappa shape index (κ2) is 9.85. The van der Waals surface area contributed by atoms with Gasteiger partial charge in [-0.15, -0.1) is 0 Å². The summed E-state index contributed by atoms with van der Waals surface area (Å²) in [6.07, 6.45) is 2.37. The summed E-state index contributed by atoms with van der Waals surface area (Å²) in [5.74, 6) is 0.253. The maximum atomic E-state index is 13.0. The van der Waals surface area contributed by atoms with Crippen molar-refractivity contribution in [2.24, 2.45) is 0 Å². The molecule has 0 bridgehead atoms. The number of rotatable bonds is 8. The van der Waals surface area contributed by atoms with Gasteiger partial charge in [-0.1, -0.05) is 36.7 Å². The van der Waals surface area contributed by atoms with Gasteiger partial charge in [0.1, 0.15) is 23.7 Å². The zero-order valence-corrected chi connectivity index (χ0v) is 17.9. The van der Waals surface area contributed by atoms with Crippen LogP contribution in [0.5, 0.6) is 0 Å². The molecule has 1 aromatic carbocycles. The topological polar surface area (TPSA) is 68.5 Å². The highest BCUT2D eigenvalue weighted by atomic mass is 79.9. The van der Waals surface area contributed by atoms with E-state index < -0.39 is 5.91 Å². The third-order valence-corrected chi connectivity index (χ3v) is 4.68. The van der Waals surface area contributed by atoms with Gasteiger partial charge in [-0.25, -0.2) is 0 Å². The number of benzene rings is 1. The van der Waals surface area contributed by atoms with Crippen LogP contribution in [0.2, 0.25) is 0 Å². The van der Waals surface area contributed by atoms with Crippen LogP contribution >= 0.6 is 15.9 Å². The summed E-state index contributed by atoms with van der Waals surface area (Å²) >= 11 is 3.51. The second-order valence-electron chi connectivity index (χ2n) is 6.33. The van der Waals surface area contributed by atoms with Gasteiger partial charge in [0.15, 0.2) is 5.43 Å². The lowest BCUT2D eigenvalue weighted by atomic mass is 10.0. The molecule has 146 valence electrons. The van der Waals surface area contributed by atoms with Crippen LogP contribution in [-0.2, 0) is 24.2 Å². The zero-order valence-electron chi connectivity index (χ0n) is 16.3. The minimum Gasteiger partial charge on any atom is -0.463 e. The maximum Gasteiger partial charge on any atom is 0.263 e. The lowest BCUT2D eigenvalue weighted by molar-refractivity contribution is 0.0953. The van der Waals surface area contributed by atoms with Crippen molar-refractivity contribution in [1.82, 2.24) is 0 Å². The van der Waals surface area contributed by atoms with E-state index in [1.807, 2.05) is 32.9 Å². The summed E-state index contributed by atoms with van der Waals surface area (Å²) in [6.45, 7) is 8.36. The number of carbonyl (C=O) groups is 1. The summed E-state index contributed by atoms with van der Waals surface area (Å²) in [4.78, 5) is 25.5. The molecule has 1 heterocycles. The molecule has 1 aromatic heterocycles. The minimum atomic E-state index is -0.467. The van der Waals surface area contributed by atoms with E-state index in [2.05, 4.69) is 21.2 Å². The van der Waals surface area contributed by atoms with Crippen LogP contribution in [0.3, 0.4) is 0 Å². The highest BCUT2D eigenvalue weighted by Gasteiger charge is 2.21. The van der Waals surface area contributed by atoms with Gasteiger partial charge in [0.25, 0.3) is 5.91 Å². The molecular weight excluding hydrogens is 410 g/mol. The lowest BCUT2D eigenvalue weighted by Crippen LogP contribution is -2.25. The summed E-state index contributed by atoms with van der Waals surface area (Å²) < 4.78 is 12.1. The molecule has 0 atom stereocenters. The van der Waals surface area contributed by atoms with Gasteiger partial charge in [0, 0.05) is 22.8 Å². The van der Waals surface area contributed by atoms with Crippen LogP contribution in [0.4, 0.5) is 5.69 Å². The largest absolute Gasteiger partial charge is 0.463 e. The molecule has 6 heteroatoms. The van der Waals surface area contributed by atoms with Crippen molar-refractivity contribution in [1.29, 1.82) is 0 Å². The van der Waals surface area contributed by atoms with E-state index in [9.17, 15) is 9.59 Å². The molecule has 1 amide bonds. The van der Waals surface area contributed by atoms with Crippen LogP contribution in [0.25, 0.3) is 0 Å². The summed E-state index contributed by atoms with van der Waals surface area (Å²) in [6, 6.07) is 5.30. The molecule has 27 heavy (non-hydrogen) atoms. The third kappa shape index (κ3) is 5.30. The Morgan fingerprint density at radius 1 is 1.15 bits per heavy atom. The Hall–Kier alpha value is -1.92. The number of halogens is 1. The Morgan fingerprint density at radius 3 is 2.33 bits per heavy atom. The Bertz CT molecular complexity index is 848. The minimum absolute atomic E-state index is 0.00345. The Balaban J connectivity index is 2.43. The van der Waals surface area contributed by atoms with Crippen molar-refractivity contribution in [3.05, 3.63) is 61.1 Å². The van der Waals surface area contributed by atoms with Crippen LogP contribution in [0.1, 0.15) is 60.2 Å². The van der Waals surface area contributed by atoms with Crippen molar-refractivity contribution in [2.45, 2.75) is 53.6 Å². The quantitative estimate of drug-likeness (QED) is 0.591. The smallest absolute Gasteiger partial charge is 0.263 e. The average molecular weight is 436 g/mol. The number of hydrogen-bond acceptors (Lipinski definition) is 4. The fraction of sp³-hybridized carbons (Fsp3) is 0.429. The maximum absolute atomic E-state index is 13.0. The molecule has 0 aliphatic rings.